The van der Waals surface area contributed by atoms with Crippen molar-refractivity contribution in [3.8, 4) is 0 Å². The van der Waals surface area contributed by atoms with E-state index in [1.54, 1.807) is 0 Å². The Bertz CT molecular complexity index is 324. The lowest BCUT2D eigenvalue weighted by atomic mass is 9.65. The van der Waals surface area contributed by atoms with Gasteiger partial charge in [-0.1, -0.05) is 0 Å². The predicted molar refractivity (Wildman–Crippen MR) is 48.4 cm³/mol. The average molecular weight is 234 g/mol. The molecule has 0 aromatic rings. The third-order valence-electron chi connectivity index (χ3n) is 4.62. The molecule has 0 aromatic carbocycles. The van der Waals surface area contributed by atoms with Gasteiger partial charge in [-0.15, -0.1) is 0 Å². The van der Waals surface area contributed by atoms with Crippen LogP contribution in [-0.4, -0.2) is 18.2 Å². The summed E-state index contributed by atoms with van der Waals surface area (Å²) in [5.41, 5.74) is 0. The van der Waals surface area contributed by atoms with Crippen molar-refractivity contribution in [3.05, 3.63) is 0 Å². The molecule has 0 spiro atoms. The van der Waals surface area contributed by atoms with E-state index in [9.17, 15) is 18.0 Å². The third kappa shape index (κ3) is 1.36. The monoisotopic (exact) mass is 234 g/mol. The van der Waals surface area contributed by atoms with Gasteiger partial charge in [0.2, 0.25) is 0 Å². The van der Waals surface area contributed by atoms with Crippen molar-refractivity contribution in [2.45, 2.75) is 38.0 Å². The first kappa shape index (κ1) is 10.4. The molecule has 0 N–H and O–H groups in total. The molecule has 90 valence electrons. The van der Waals surface area contributed by atoms with Gasteiger partial charge >= 0.3 is 12.1 Å². The molecule has 3 rings (SSSR count). The van der Waals surface area contributed by atoms with Gasteiger partial charge in [0, 0.05) is 0 Å². The average Bonchev–Trinajstić information content (AvgIpc) is 2.54. The van der Waals surface area contributed by atoms with Gasteiger partial charge in [0.05, 0.1) is 0 Å². The van der Waals surface area contributed by atoms with Crippen molar-refractivity contribution < 1.29 is 22.7 Å². The van der Waals surface area contributed by atoms with E-state index < -0.39 is 18.2 Å². The first-order valence-electron chi connectivity index (χ1n) is 5.74. The molecule has 0 saturated heterocycles. The molecule has 2 nitrogen and oxygen atoms in total. The molecule has 2 bridgehead atoms. The molecule has 0 radical (unpaired) electrons. The van der Waals surface area contributed by atoms with E-state index >= 15 is 0 Å². The van der Waals surface area contributed by atoms with Crippen LogP contribution in [0.5, 0.6) is 0 Å². The number of carbonyl (C=O) groups excluding carboxylic acids is 1. The Morgan fingerprint density at radius 1 is 1.06 bits per heavy atom. The first-order valence-corrected chi connectivity index (χ1v) is 5.74. The second-order valence-electron chi connectivity index (χ2n) is 5.24. The van der Waals surface area contributed by atoms with E-state index in [1.165, 1.54) is 6.42 Å². The van der Waals surface area contributed by atoms with Gasteiger partial charge in [-0.3, -0.25) is 0 Å². The van der Waals surface area contributed by atoms with Gasteiger partial charge in [-0.2, -0.15) is 13.2 Å². The quantitative estimate of drug-likeness (QED) is 0.652. The van der Waals surface area contributed by atoms with Crippen LogP contribution in [0.3, 0.4) is 0 Å². The van der Waals surface area contributed by atoms with Crippen molar-refractivity contribution in [2.75, 3.05) is 0 Å². The number of carbonyl (C=O) groups is 1. The highest BCUT2D eigenvalue weighted by Gasteiger charge is 2.58. The van der Waals surface area contributed by atoms with E-state index in [4.69, 9.17) is 0 Å². The Morgan fingerprint density at radius 3 is 2.25 bits per heavy atom. The third-order valence-corrected chi connectivity index (χ3v) is 4.62. The zero-order valence-electron chi connectivity index (χ0n) is 8.67. The summed E-state index contributed by atoms with van der Waals surface area (Å²) in [6.45, 7) is 0. The molecule has 5 heteroatoms. The lowest BCUT2D eigenvalue weighted by molar-refractivity contribution is -0.209. The summed E-state index contributed by atoms with van der Waals surface area (Å²) in [7, 11) is 0. The van der Waals surface area contributed by atoms with Crippen molar-refractivity contribution in [1.82, 2.24) is 0 Å². The number of fused-ring (bicyclic) bond motifs is 5. The van der Waals surface area contributed by atoms with Gasteiger partial charge in [0.25, 0.3) is 0 Å². The highest BCUT2D eigenvalue weighted by Crippen LogP contribution is 2.61. The van der Waals surface area contributed by atoms with Crippen LogP contribution >= 0.6 is 0 Å². The Morgan fingerprint density at radius 2 is 1.75 bits per heavy atom. The first-order chi connectivity index (χ1) is 7.47. The summed E-state index contributed by atoms with van der Waals surface area (Å²) >= 11 is 0. The molecule has 5 atom stereocenters. The molecule has 0 amide bonds. The van der Waals surface area contributed by atoms with E-state index in [0.717, 1.165) is 12.8 Å². The summed E-state index contributed by atoms with van der Waals surface area (Å²) in [5.74, 6) is -0.0543. The van der Waals surface area contributed by atoms with Gasteiger partial charge in [0.15, 0.2) is 0 Å². The summed E-state index contributed by atoms with van der Waals surface area (Å²) in [5, 5.41) is 0. The molecule has 0 aromatic heterocycles. The van der Waals surface area contributed by atoms with Crippen LogP contribution in [0.1, 0.15) is 25.7 Å². The van der Waals surface area contributed by atoms with E-state index in [2.05, 4.69) is 4.74 Å². The zero-order valence-corrected chi connectivity index (χ0v) is 8.67. The lowest BCUT2D eigenvalue weighted by Crippen LogP contribution is -2.41. The second kappa shape index (κ2) is 3.14. The minimum absolute atomic E-state index is 0.204. The lowest BCUT2D eigenvalue weighted by Gasteiger charge is -2.42. The van der Waals surface area contributed by atoms with Crippen LogP contribution in [0.2, 0.25) is 0 Å². The molecule has 0 heterocycles. The summed E-state index contributed by atoms with van der Waals surface area (Å²) < 4.78 is 40.8. The molecule has 5 unspecified atom stereocenters. The number of esters is 1. The Balaban J connectivity index is 1.64. The van der Waals surface area contributed by atoms with Crippen LogP contribution in [0.4, 0.5) is 13.2 Å². The molecule has 16 heavy (non-hydrogen) atoms. The molecule has 3 fully saturated rings. The predicted octanol–water partition coefficient (Wildman–Crippen LogP) is 2.53. The fraction of sp³-hybridized carbons (Fsp3) is 0.909. The molecule has 0 aliphatic heterocycles. The largest absolute Gasteiger partial charge is 0.490 e. The van der Waals surface area contributed by atoms with Crippen molar-refractivity contribution >= 4 is 5.97 Å². The smallest absolute Gasteiger partial charge is 0.455 e. The van der Waals surface area contributed by atoms with Crippen molar-refractivity contribution in [1.29, 1.82) is 0 Å². The number of hydrogen-bond acceptors (Lipinski definition) is 2. The van der Waals surface area contributed by atoms with Gasteiger partial charge in [0.1, 0.15) is 6.10 Å². The molecule has 3 aliphatic rings. The highest BCUT2D eigenvalue weighted by molar-refractivity contribution is 5.75. The van der Waals surface area contributed by atoms with Crippen LogP contribution in [0.15, 0.2) is 0 Å². The van der Waals surface area contributed by atoms with Crippen LogP contribution in [0, 0.1) is 23.7 Å². The summed E-state index contributed by atoms with van der Waals surface area (Å²) in [6.07, 6.45) is -1.39. The van der Waals surface area contributed by atoms with Gasteiger partial charge in [-0.25, -0.2) is 4.79 Å². The second-order valence-corrected chi connectivity index (χ2v) is 5.24. The molecular formula is C11H13F3O2. The Labute approximate surface area is 91.1 Å². The molecule has 3 saturated carbocycles. The topological polar surface area (TPSA) is 26.3 Å². The standard InChI is InChI=1S/C11H13F3O2/c12-11(13,14)10(15)16-9-4-5-3-8(9)7-2-1-6(5)7/h5-9H,1-4H2. The van der Waals surface area contributed by atoms with Crippen LogP contribution in [-0.2, 0) is 9.53 Å². The molecular weight excluding hydrogens is 221 g/mol. The minimum atomic E-state index is -4.85. The summed E-state index contributed by atoms with van der Waals surface area (Å²) in [4.78, 5) is 10.8. The van der Waals surface area contributed by atoms with E-state index in [1.807, 2.05) is 0 Å². The van der Waals surface area contributed by atoms with Crippen molar-refractivity contribution in [3.63, 3.8) is 0 Å². The fourth-order valence-corrected chi connectivity index (χ4v) is 3.88. The maximum Gasteiger partial charge on any atom is 0.490 e. The van der Waals surface area contributed by atoms with Crippen LogP contribution in [0.25, 0.3) is 0 Å². The normalized spacial score (nSPS) is 45.1. The maximum atomic E-state index is 12.1. The van der Waals surface area contributed by atoms with Crippen LogP contribution < -0.4 is 0 Å². The Hall–Kier alpha value is -0.740. The number of halogens is 3. The maximum absolute atomic E-state index is 12.1. The number of hydrogen-bond donors (Lipinski definition) is 0. The van der Waals surface area contributed by atoms with E-state index in [0.29, 0.717) is 24.2 Å². The SMILES string of the molecule is O=C(OC1CC2CC1C1CCC21)C(F)(F)F. The van der Waals surface area contributed by atoms with E-state index in [-0.39, 0.29) is 5.92 Å². The number of ether oxygens (including phenoxy) is 1. The summed E-state index contributed by atoms with van der Waals surface area (Å²) in [6, 6.07) is 0. The number of rotatable bonds is 1. The Kier molecular flexibility index (Phi) is 2.04. The highest BCUT2D eigenvalue weighted by atomic mass is 19.4. The zero-order chi connectivity index (χ0) is 11.5. The van der Waals surface area contributed by atoms with Gasteiger partial charge < -0.3 is 4.74 Å². The fourth-order valence-electron chi connectivity index (χ4n) is 3.88. The number of alkyl halides is 3. The minimum Gasteiger partial charge on any atom is -0.455 e. The molecule has 3 aliphatic carbocycles. The van der Waals surface area contributed by atoms with Crippen molar-refractivity contribution in [2.24, 2.45) is 23.7 Å². The van der Waals surface area contributed by atoms with Gasteiger partial charge in [-0.05, 0) is 49.4 Å².